The lowest BCUT2D eigenvalue weighted by Gasteiger charge is -2.22. The summed E-state index contributed by atoms with van der Waals surface area (Å²) in [6, 6.07) is 20.9. The summed E-state index contributed by atoms with van der Waals surface area (Å²) < 4.78 is 35.2. The van der Waals surface area contributed by atoms with Gasteiger partial charge in [0.05, 0.1) is 21.8 Å². The summed E-state index contributed by atoms with van der Waals surface area (Å²) >= 11 is 0. The van der Waals surface area contributed by atoms with Crippen LogP contribution in [0.1, 0.15) is 66.9 Å². The quantitative estimate of drug-likeness (QED) is 0.183. The molecule has 4 aromatic rings. The lowest BCUT2D eigenvalue weighted by Crippen LogP contribution is -2.19. The number of nitrogens with one attached hydrogen (secondary N) is 1. The molecule has 3 aromatic carbocycles. The second kappa shape index (κ2) is 12.9. The van der Waals surface area contributed by atoms with Gasteiger partial charge in [0, 0.05) is 43.4 Å². The second-order valence-electron chi connectivity index (χ2n) is 12.1. The monoisotopic (exact) mass is 626 g/mol. The Kier molecular flexibility index (Phi) is 8.76. The van der Waals surface area contributed by atoms with Crippen molar-refractivity contribution in [2.45, 2.75) is 62.2 Å². The van der Waals surface area contributed by atoms with Crippen LogP contribution in [0.5, 0.6) is 5.75 Å². The molecule has 0 amide bonds. The van der Waals surface area contributed by atoms with Crippen molar-refractivity contribution >= 4 is 32.8 Å². The van der Waals surface area contributed by atoms with E-state index in [9.17, 15) is 18.3 Å². The Bertz CT molecular complexity index is 1860. The third-order valence-electron chi connectivity index (χ3n) is 8.59. The third kappa shape index (κ3) is 6.96. The molecule has 0 aliphatic heterocycles. The van der Waals surface area contributed by atoms with Crippen LogP contribution in [0.3, 0.4) is 0 Å². The van der Waals surface area contributed by atoms with Gasteiger partial charge < -0.3 is 14.4 Å². The molecular formula is C35H38N4O5S. The number of benzene rings is 3. The number of sulfonamides is 1. The third-order valence-corrected chi connectivity index (χ3v) is 9.99. The Balaban J connectivity index is 1.22. The highest BCUT2D eigenvalue weighted by Crippen LogP contribution is 2.49. The molecule has 1 saturated carbocycles. The van der Waals surface area contributed by atoms with Gasteiger partial charge in [-0.2, -0.15) is 10.2 Å². The molecule has 2 N–H and O–H groups in total. The molecule has 1 heterocycles. The number of fused-ring (bicyclic) bond motifs is 1. The molecule has 6 rings (SSSR count). The first-order chi connectivity index (χ1) is 21.7. The van der Waals surface area contributed by atoms with Crippen molar-refractivity contribution in [1.82, 2.24) is 0 Å². The van der Waals surface area contributed by atoms with Crippen molar-refractivity contribution in [3.63, 3.8) is 0 Å². The van der Waals surface area contributed by atoms with E-state index in [0.29, 0.717) is 35.7 Å². The summed E-state index contributed by atoms with van der Waals surface area (Å²) in [5.41, 5.74) is 3.94. The number of aromatic hydroxyl groups is 1. The number of hydrogen-bond donors (Lipinski definition) is 2. The maximum absolute atomic E-state index is 13.3. The summed E-state index contributed by atoms with van der Waals surface area (Å²) in [7, 11) is 0.0142. The molecular weight excluding hydrogens is 588 g/mol. The number of nitrogens with zero attached hydrogens (tertiary/aromatic N) is 3. The molecule has 1 unspecified atom stereocenters. The van der Waals surface area contributed by atoms with E-state index in [1.54, 1.807) is 30.3 Å². The van der Waals surface area contributed by atoms with Crippen LogP contribution in [-0.2, 0) is 22.9 Å². The average Bonchev–Trinajstić information content (AvgIpc) is 3.85. The predicted molar refractivity (Wildman–Crippen MR) is 176 cm³/mol. The van der Waals surface area contributed by atoms with E-state index in [4.69, 9.17) is 4.42 Å². The molecule has 0 bridgehead atoms. The van der Waals surface area contributed by atoms with Gasteiger partial charge in [0.2, 0.25) is 0 Å². The van der Waals surface area contributed by atoms with Crippen LogP contribution in [-0.4, -0.2) is 27.6 Å². The summed E-state index contributed by atoms with van der Waals surface area (Å²) in [6.07, 6.45) is 7.21. The van der Waals surface area contributed by atoms with Crippen molar-refractivity contribution < 1.29 is 17.9 Å². The fourth-order valence-corrected chi connectivity index (χ4v) is 7.08. The zero-order chi connectivity index (χ0) is 31.6. The Morgan fingerprint density at radius 2 is 1.53 bits per heavy atom. The number of aryl methyl sites for hydroxylation is 1. The molecule has 10 heteroatoms. The molecule has 9 nitrogen and oxygen atoms in total. The molecule has 0 saturated heterocycles. The van der Waals surface area contributed by atoms with Crippen LogP contribution in [0.15, 0.2) is 97.1 Å². The Labute approximate surface area is 263 Å². The van der Waals surface area contributed by atoms with Crippen LogP contribution >= 0.6 is 0 Å². The minimum atomic E-state index is -3.91. The molecule has 2 aliphatic rings. The fourth-order valence-electron chi connectivity index (χ4n) is 6.03. The van der Waals surface area contributed by atoms with Gasteiger partial charge in [0.25, 0.3) is 10.0 Å². The lowest BCUT2D eigenvalue weighted by atomic mass is 9.85. The Morgan fingerprint density at radius 3 is 2.18 bits per heavy atom. The van der Waals surface area contributed by atoms with E-state index < -0.39 is 15.6 Å². The normalized spacial score (nSPS) is 16.0. The van der Waals surface area contributed by atoms with Gasteiger partial charge in [-0.05, 0) is 104 Å². The highest BCUT2D eigenvalue weighted by Gasteiger charge is 2.38. The molecule has 0 radical (unpaired) electrons. The number of rotatable bonds is 9. The number of anilines is 2. The van der Waals surface area contributed by atoms with Gasteiger partial charge in [-0.1, -0.05) is 25.0 Å². The van der Waals surface area contributed by atoms with E-state index in [0.717, 1.165) is 55.3 Å². The predicted octanol–water partition coefficient (Wildman–Crippen LogP) is 7.83. The minimum absolute atomic E-state index is 0.0499. The molecule has 1 fully saturated rings. The highest BCUT2D eigenvalue weighted by atomic mass is 32.2. The zero-order valence-corrected chi connectivity index (χ0v) is 26.4. The van der Waals surface area contributed by atoms with Gasteiger partial charge >= 0.3 is 5.63 Å². The van der Waals surface area contributed by atoms with Crippen molar-refractivity contribution in [3.8, 4) is 5.75 Å². The van der Waals surface area contributed by atoms with Crippen molar-refractivity contribution in [1.29, 1.82) is 0 Å². The van der Waals surface area contributed by atoms with Gasteiger partial charge in [0.15, 0.2) is 0 Å². The summed E-state index contributed by atoms with van der Waals surface area (Å²) in [4.78, 5) is 15.4. The van der Waals surface area contributed by atoms with Crippen LogP contribution in [0.25, 0.3) is 0 Å². The summed E-state index contributed by atoms with van der Waals surface area (Å²) in [6.45, 7) is 0. The average molecular weight is 627 g/mol. The van der Waals surface area contributed by atoms with Crippen LogP contribution in [0.2, 0.25) is 0 Å². The van der Waals surface area contributed by atoms with Gasteiger partial charge in [-0.3, -0.25) is 4.72 Å². The molecule has 45 heavy (non-hydrogen) atoms. The van der Waals surface area contributed by atoms with Crippen molar-refractivity contribution in [3.05, 3.63) is 106 Å². The minimum Gasteiger partial charge on any atom is -0.507 e. The maximum atomic E-state index is 13.3. The van der Waals surface area contributed by atoms with Crippen LogP contribution in [0, 0.1) is 5.92 Å². The highest BCUT2D eigenvalue weighted by molar-refractivity contribution is 7.92. The molecule has 0 spiro atoms. The maximum Gasteiger partial charge on any atom is 0.343 e. The standard InChI is InChI=1S/C35H38N4O5S/c1-39(2)28-18-14-25(15-19-28)36-37-26-16-20-29(21-17-26)45(42,43)38-27-9-7-8-24(22-27)32(23-12-13-23)33-34(40)30-10-5-3-4-6-11-31(30)44-35(33)41/h7-9,14-23,32,38,40H,3-6,10-13H2,1-2H3. The summed E-state index contributed by atoms with van der Waals surface area (Å²) in [5.74, 6) is 0.437. The zero-order valence-electron chi connectivity index (χ0n) is 25.6. The summed E-state index contributed by atoms with van der Waals surface area (Å²) in [5, 5.41) is 19.9. The van der Waals surface area contributed by atoms with Gasteiger partial charge in [0.1, 0.15) is 11.5 Å². The van der Waals surface area contributed by atoms with Crippen molar-refractivity contribution in [2.75, 3.05) is 23.7 Å². The molecule has 1 atom stereocenters. The first-order valence-electron chi connectivity index (χ1n) is 15.5. The van der Waals surface area contributed by atoms with Crippen molar-refractivity contribution in [2.24, 2.45) is 16.1 Å². The largest absolute Gasteiger partial charge is 0.507 e. The number of hydrogen-bond acceptors (Lipinski definition) is 8. The van der Waals surface area contributed by atoms with E-state index in [2.05, 4.69) is 15.0 Å². The van der Waals surface area contributed by atoms with Gasteiger partial charge in [-0.25, -0.2) is 13.2 Å². The Morgan fingerprint density at radius 1 is 0.889 bits per heavy atom. The second-order valence-corrected chi connectivity index (χ2v) is 13.8. The van der Waals surface area contributed by atoms with E-state index in [-0.39, 0.29) is 28.0 Å². The first-order valence-corrected chi connectivity index (χ1v) is 17.0. The van der Waals surface area contributed by atoms with E-state index in [1.807, 2.05) is 49.3 Å². The van der Waals surface area contributed by atoms with E-state index in [1.165, 1.54) is 12.1 Å². The van der Waals surface area contributed by atoms with Crippen LogP contribution in [0.4, 0.5) is 22.7 Å². The number of azo groups is 1. The van der Waals surface area contributed by atoms with Crippen LogP contribution < -0.4 is 15.2 Å². The molecule has 2 aliphatic carbocycles. The van der Waals surface area contributed by atoms with Gasteiger partial charge in [-0.15, -0.1) is 0 Å². The van der Waals surface area contributed by atoms with E-state index >= 15 is 0 Å². The Hall–Kier alpha value is -4.44. The molecule has 234 valence electrons. The SMILES string of the molecule is CN(C)c1ccc(N=Nc2ccc(S(=O)(=O)Nc3cccc(C(c4c(O)c5c(oc4=O)CCCCCC5)C4CC4)c3)cc2)cc1. The molecule has 1 aromatic heterocycles. The first kappa shape index (κ1) is 30.6. The smallest absolute Gasteiger partial charge is 0.343 e. The topological polar surface area (TPSA) is 125 Å². The lowest BCUT2D eigenvalue weighted by molar-refractivity contribution is 0.382. The fraction of sp³-hybridized carbons (Fsp3) is 0.343.